The van der Waals surface area contributed by atoms with Crippen LogP contribution in [0, 0.1) is 12.7 Å². The fourth-order valence-electron chi connectivity index (χ4n) is 5.40. The van der Waals surface area contributed by atoms with Crippen LogP contribution >= 0.6 is 0 Å². The molecular weight excluding hydrogens is 569 g/mol. The van der Waals surface area contributed by atoms with Gasteiger partial charge in [0, 0.05) is 49.7 Å². The second-order valence-electron chi connectivity index (χ2n) is 10.9. The SMILES string of the molecule is COc1cc2ccc1CNC(=O)CCc1ccc(OC)c(c1)OCC(=O)N[C@@H]1CN(C(=O)c3ccc(F)c(C)c3)CC[C@@H]1O2. The van der Waals surface area contributed by atoms with E-state index in [0.29, 0.717) is 53.5 Å². The molecule has 0 radical (unpaired) electrons. The summed E-state index contributed by atoms with van der Waals surface area (Å²) in [6.45, 7) is 2.12. The predicted octanol–water partition coefficient (Wildman–Crippen LogP) is 3.57. The van der Waals surface area contributed by atoms with Gasteiger partial charge in [0.05, 0.1) is 20.3 Å². The zero-order valence-corrected chi connectivity index (χ0v) is 25.0. The number of rotatable bonds is 3. The number of hydrogen-bond donors (Lipinski definition) is 2. The normalized spacial score (nSPS) is 19.1. The first-order valence-electron chi connectivity index (χ1n) is 14.5. The summed E-state index contributed by atoms with van der Waals surface area (Å²) in [5.74, 6) is 0.722. The van der Waals surface area contributed by atoms with Crippen molar-refractivity contribution in [1.29, 1.82) is 0 Å². The fourth-order valence-corrected chi connectivity index (χ4v) is 5.40. The van der Waals surface area contributed by atoms with E-state index in [0.717, 1.165) is 11.1 Å². The van der Waals surface area contributed by atoms with Crippen LogP contribution in [0.15, 0.2) is 54.6 Å². The Balaban J connectivity index is 1.42. The van der Waals surface area contributed by atoms with Gasteiger partial charge in [0.2, 0.25) is 5.91 Å². The molecule has 3 heterocycles. The number of hydrogen-bond acceptors (Lipinski definition) is 7. The van der Waals surface area contributed by atoms with Gasteiger partial charge in [0.25, 0.3) is 11.8 Å². The molecule has 2 atom stereocenters. The lowest BCUT2D eigenvalue weighted by Crippen LogP contribution is -2.58. The molecule has 0 spiro atoms. The Morgan fingerprint density at radius 1 is 0.977 bits per heavy atom. The lowest BCUT2D eigenvalue weighted by Gasteiger charge is -2.39. The van der Waals surface area contributed by atoms with Gasteiger partial charge in [-0.15, -0.1) is 0 Å². The van der Waals surface area contributed by atoms with E-state index in [2.05, 4.69) is 10.6 Å². The monoisotopic (exact) mass is 605 g/mol. The quantitative estimate of drug-likeness (QED) is 0.469. The molecule has 3 aliphatic heterocycles. The Morgan fingerprint density at radius 2 is 1.80 bits per heavy atom. The Morgan fingerprint density at radius 3 is 2.57 bits per heavy atom. The lowest BCUT2D eigenvalue weighted by atomic mass is 10.00. The molecule has 3 amide bonds. The van der Waals surface area contributed by atoms with Gasteiger partial charge in [-0.05, 0) is 66.9 Å². The first-order chi connectivity index (χ1) is 21.2. The van der Waals surface area contributed by atoms with Crippen molar-refractivity contribution in [1.82, 2.24) is 15.5 Å². The maximum Gasteiger partial charge on any atom is 0.258 e. The number of ether oxygens (including phenoxy) is 4. The van der Waals surface area contributed by atoms with E-state index >= 15 is 0 Å². The van der Waals surface area contributed by atoms with Gasteiger partial charge >= 0.3 is 0 Å². The lowest BCUT2D eigenvalue weighted by molar-refractivity contribution is -0.125. The average molecular weight is 606 g/mol. The second kappa shape index (κ2) is 13.7. The van der Waals surface area contributed by atoms with Crippen molar-refractivity contribution in [3.8, 4) is 23.0 Å². The molecule has 2 N–H and O–H groups in total. The van der Waals surface area contributed by atoms with Crippen LogP contribution in [0.1, 0.15) is 39.9 Å². The number of piperidine rings is 1. The maximum absolute atomic E-state index is 13.9. The number of nitrogens with one attached hydrogen (secondary N) is 2. The van der Waals surface area contributed by atoms with Crippen molar-refractivity contribution < 1.29 is 37.7 Å². The van der Waals surface area contributed by atoms with Crippen molar-refractivity contribution in [3.63, 3.8) is 0 Å². The highest BCUT2D eigenvalue weighted by molar-refractivity contribution is 5.94. The zero-order chi connectivity index (χ0) is 31.2. The largest absolute Gasteiger partial charge is 0.496 e. The molecule has 3 aliphatic rings. The average Bonchev–Trinajstić information content (AvgIpc) is 3.03. The molecule has 232 valence electrons. The van der Waals surface area contributed by atoms with Crippen LogP contribution in [-0.2, 0) is 22.6 Å². The molecule has 4 bridgehead atoms. The summed E-state index contributed by atoms with van der Waals surface area (Å²) >= 11 is 0. The summed E-state index contributed by atoms with van der Waals surface area (Å²) < 4.78 is 37.1. The van der Waals surface area contributed by atoms with Crippen LogP contribution < -0.4 is 29.6 Å². The van der Waals surface area contributed by atoms with Gasteiger partial charge < -0.3 is 34.5 Å². The zero-order valence-electron chi connectivity index (χ0n) is 25.0. The van der Waals surface area contributed by atoms with Crippen LogP contribution in [0.5, 0.6) is 23.0 Å². The number of nitrogens with zero attached hydrogens (tertiary/aromatic N) is 1. The van der Waals surface area contributed by atoms with Crippen LogP contribution in [0.2, 0.25) is 0 Å². The van der Waals surface area contributed by atoms with Crippen molar-refractivity contribution in [2.45, 2.75) is 44.9 Å². The molecule has 11 heteroatoms. The summed E-state index contributed by atoms with van der Waals surface area (Å²) in [5, 5.41) is 5.93. The standard InChI is InChI=1S/C33H36FN3O7/c1-20-14-22(7-9-25(20)34)33(40)37-13-12-27-26(18-37)36-32(39)19-43-30-15-21(4-10-28(30)41-2)5-11-31(38)35-17-23-6-8-24(44-27)16-29(23)42-3/h4,6-10,14-16,26-27H,5,11-13,17-19H2,1-3H3,(H,35,38)(H,36,39)/t26-,27+/m1/s1. The van der Waals surface area contributed by atoms with Gasteiger partial charge in [-0.25, -0.2) is 4.39 Å². The molecule has 0 aromatic heterocycles. The number of fused-ring (bicyclic) bond motifs is 9. The number of halogens is 1. The second-order valence-corrected chi connectivity index (χ2v) is 10.9. The molecule has 6 rings (SSSR count). The third-order valence-electron chi connectivity index (χ3n) is 7.84. The van der Waals surface area contributed by atoms with Crippen molar-refractivity contribution in [3.05, 3.63) is 82.7 Å². The predicted molar refractivity (Wildman–Crippen MR) is 160 cm³/mol. The molecule has 3 aromatic rings. The van der Waals surface area contributed by atoms with Crippen LogP contribution in [0.3, 0.4) is 0 Å². The summed E-state index contributed by atoms with van der Waals surface area (Å²) in [6, 6.07) is 14.4. The number of benzene rings is 3. The number of aryl methyl sites for hydroxylation is 2. The number of carbonyl (C=O) groups is 3. The minimum absolute atomic E-state index is 0.122. The minimum atomic E-state index is -0.578. The highest BCUT2D eigenvalue weighted by Crippen LogP contribution is 2.30. The molecule has 0 saturated carbocycles. The van der Waals surface area contributed by atoms with Gasteiger partial charge in [-0.2, -0.15) is 0 Å². The van der Waals surface area contributed by atoms with Gasteiger partial charge in [0.15, 0.2) is 18.1 Å². The van der Waals surface area contributed by atoms with Crippen molar-refractivity contribution >= 4 is 17.7 Å². The van der Waals surface area contributed by atoms with E-state index in [1.54, 1.807) is 43.2 Å². The first kappa shape index (κ1) is 30.7. The summed E-state index contributed by atoms with van der Waals surface area (Å²) in [5.41, 5.74) is 2.38. The van der Waals surface area contributed by atoms with E-state index in [9.17, 15) is 18.8 Å². The van der Waals surface area contributed by atoms with E-state index in [-0.39, 0.29) is 43.7 Å². The maximum atomic E-state index is 13.9. The van der Waals surface area contributed by atoms with Crippen LogP contribution in [-0.4, -0.2) is 68.7 Å². The van der Waals surface area contributed by atoms with E-state index in [1.807, 2.05) is 12.1 Å². The molecular formula is C33H36FN3O7. The summed E-state index contributed by atoms with van der Waals surface area (Å²) in [6.07, 6.45) is 0.663. The highest BCUT2D eigenvalue weighted by Gasteiger charge is 2.35. The van der Waals surface area contributed by atoms with Crippen molar-refractivity contribution in [2.24, 2.45) is 0 Å². The highest BCUT2D eigenvalue weighted by atomic mass is 19.1. The van der Waals surface area contributed by atoms with Crippen LogP contribution in [0.4, 0.5) is 4.39 Å². The molecule has 10 nitrogen and oxygen atoms in total. The van der Waals surface area contributed by atoms with E-state index in [1.165, 1.54) is 25.3 Å². The smallest absolute Gasteiger partial charge is 0.258 e. The molecule has 3 aromatic carbocycles. The number of methoxy groups -OCH3 is 2. The van der Waals surface area contributed by atoms with Gasteiger partial charge in [-0.3, -0.25) is 14.4 Å². The molecule has 0 aliphatic carbocycles. The molecule has 0 unspecified atom stereocenters. The fraction of sp³-hybridized carbons (Fsp3) is 0.364. The molecule has 1 saturated heterocycles. The third-order valence-corrected chi connectivity index (χ3v) is 7.84. The number of likely N-dealkylation sites (tertiary alicyclic amines) is 1. The number of carbonyl (C=O) groups excluding carboxylic acids is 3. The Kier molecular flexibility index (Phi) is 9.52. The minimum Gasteiger partial charge on any atom is -0.496 e. The Labute approximate surface area is 255 Å². The van der Waals surface area contributed by atoms with Gasteiger partial charge in [-0.1, -0.05) is 6.07 Å². The molecule has 1 fully saturated rings. The number of amides is 3. The first-order valence-corrected chi connectivity index (χ1v) is 14.5. The Bertz CT molecular complexity index is 1550. The summed E-state index contributed by atoms with van der Waals surface area (Å²) in [7, 11) is 3.06. The van der Waals surface area contributed by atoms with E-state index in [4.69, 9.17) is 18.9 Å². The topological polar surface area (TPSA) is 115 Å². The molecule has 44 heavy (non-hydrogen) atoms. The van der Waals surface area contributed by atoms with Gasteiger partial charge in [0.1, 0.15) is 23.4 Å². The van der Waals surface area contributed by atoms with E-state index < -0.39 is 18.1 Å². The van der Waals surface area contributed by atoms with Crippen LogP contribution in [0.25, 0.3) is 0 Å². The third kappa shape index (κ3) is 7.21. The summed E-state index contributed by atoms with van der Waals surface area (Å²) in [4.78, 5) is 40.8. The van der Waals surface area contributed by atoms with Crippen molar-refractivity contribution in [2.75, 3.05) is 33.9 Å². The Hall–Kier alpha value is -4.80.